The van der Waals surface area contributed by atoms with Crippen LogP contribution in [0.25, 0.3) is 5.57 Å². The summed E-state index contributed by atoms with van der Waals surface area (Å²) in [5.41, 5.74) is 1.24. The zero-order chi connectivity index (χ0) is 11.6. The molecule has 5 heteroatoms. The molecule has 16 heavy (non-hydrogen) atoms. The van der Waals surface area contributed by atoms with Gasteiger partial charge in [-0.05, 0) is 18.1 Å². The van der Waals surface area contributed by atoms with E-state index in [1.807, 2.05) is 0 Å². The van der Waals surface area contributed by atoms with E-state index in [-0.39, 0.29) is 25.9 Å². The molecule has 2 rings (SSSR count). The van der Waals surface area contributed by atoms with Gasteiger partial charge in [-0.2, -0.15) is 0 Å². The number of aromatic nitrogens is 2. The molecule has 1 aliphatic carbocycles. The largest absolute Gasteiger partial charge is 0.390 e. The Kier molecular flexibility index (Phi) is 2.96. The maximum atomic E-state index is 12.9. The van der Waals surface area contributed by atoms with Crippen LogP contribution in [0.5, 0.6) is 0 Å². The topological polar surface area (TPSA) is 46.0 Å². The molecule has 0 aliphatic heterocycles. The molecule has 1 heterocycles. The highest BCUT2D eigenvalue weighted by Gasteiger charge is 2.31. The third kappa shape index (κ3) is 2.41. The van der Waals surface area contributed by atoms with Crippen LogP contribution in [0, 0.1) is 0 Å². The number of aliphatic hydroxyl groups is 1. The quantitative estimate of drug-likeness (QED) is 0.840. The van der Waals surface area contributed by atoms with Gasteiger partial charge in [0, 0.05) is 19.0 Å². The van der Waals surface area contributed by atoms with Crippen LogP contribution in [0.2, 0.25) is 0 Å². The predicted octanol–water partition coefficient (Wildman–Crippen LogP) is 2.17. The predicted molar refractivity (Wildman–Crippen MR) is 54.7 cm³/mol. The van der Waals surface area contributed by atoms with Gasteiger partial charge in [-0.25, -0.2) is 18.7 Å². The highest BCUT2D eigenvalue weighted by molar-refractivity contribution is 5.60. The normalized spacial score (nSPS) is 19.3. The van der Waals surface area contributed by atoms with E-state index < -0.39 is 5.92 Å². The van der Waals surface area contributed by atoms with E-state index in [2.05, 4.69) is 9.97 Å². The van der Waals surface area contributed by atoms with Gasteiger partial charge < -0.3 is 5.11 Å². The fourth-order valence-electron chi connectivity index (χ4n) is 1.64. The lowest BCUT2D eigenvalue weighted by atomic mass is 9.96. The fraction of sp³-hybridized carbons (Fsp3) is 0.455. The Labute approximate surface area is 91.9 Å². The molecule has 1 N–H and O–H groups in total. The molecule has 0 radical (unpaired) electrons. The Bertz CT molecular complexity index is 418. The fourth-order valence-corrected chi connectivity index (χ4v) is 1.64. The molecule has 1 aliphatic rings. The van der Waals surface area contributed by atoms with Crippen LogP contribution in [0.4, 0.5) is 8.78 Å². The number of hydrogen-bond acceptors (Lipinski definition) is 3. The minimum absolute atomic E-state index is 0.161. The van der Waals surface area contributed by atoms with Crippen molar-refractivity contribution in [3.8, 4) is 0 Å². The van der Waals surface area contributed by atoms with Gasteiger partial charge in [-0.1, -0.05) is 6.08 Å². The van der Waals surface area contributed by atoms with E-state index in [0.29, 0.717) is 11.5 Å². The molecule has 86 valence electrons. The molecule has 0 saturated carbocycles. The van der Waals surface area contributed by atoms with Crippen molar-refractivity contribution < 1.29 is 13.9 Å². The number of halogens is 2. The smallest absolute Gasteiger partial charge is 0.251 e. The van der Waals surface area contributed by atoms with Gasteiger partial charge in [0.15, 0.2) is 5.82 Å². The van der Waals surface area contributed by atoms with Crippen molar-refractivity contribution in [2.45, 2.75) is 31.8 Å². The van der Waals surface area contributed by atoms with E-state index in [4.69, 9.17) is 5.11 Å². The summed E-state index contributed by atoms with van der Waals surface area (Å²) in [6.45, 7) is -0.168. The highest BCUT2D eigenvalue weighted by Crippen LogP contribution is 2.35. The minimum atomic E-state index is -2.60. The molecule has 1 aromatic heterocycles. The third-order valence-corrected chi connectivity index (χ3v) is 2.57. The minimum Gasteiger partial charge on any atom is -0.390 e. The summed E-state index contributed by atoms with van der Waals surface area (Å²) >= 11 is 0. The second kappa shape index (κ2) is 4.25. The number of rotatable bonds is 2. The Morgan fingerprint density at radius 2 is 2.25 bits per heavy atom. The molecule has 0 aromatic carbocycles. The molecule has 0 fully saturated rings. The first kappa shape index (κ1) is 11.1. The Morgan fingerprint density at radius 3 is 2.88 bits per heavy atom. The molecule has 0 unspecified atom stereocenters. The van der Waals surface area contributed by atoms with E-state index in [1.54, 1.807) is 6.07 Å². The lowest BCUT2D eigenvalue weighted by Gasteiger charge is -2.20. The van der Waals surface area contributed by atoms with Crippen molar-refractivity contribution in [3.63, 3.8) is 0 Å². The number of aliphatic hydroxyl groups excluding tert-OH is 1. The summed E-state index contributed by atoms with van der Waals surface area (Å²) in [6.07, 6.45) is 2.88. The Hall–Kier alpha value is -1.36. The summed E-state index contributed by atoms with van der Waals surface area (Å²) in [6, 6.07) is 1.60. The maximum Gasteiger partial charge on any atom is 0.251 e. The zero-order valence-corrected chi connectivity index (χ0v) is 8.66. The van der Waals surface area contributed by atoms with Crippen LogP contribution in [0.1, 0.15) is 30.8 Å². The van der Waals surface area contributed by atoms with Gasteiger partial charge >= 0.3 is 0 Å². The first-order valence-corrected chi connectivity index (χ1v) is 5.11. The summed E-state index contributed by atoms with van der Waals surface area (Å²) in [5, 5.41) is 8.91. The molecule has 0 atom stereocenters. The van der Waals surface area contributed by atoms with E-state index in [0.717, 1.165) is 5.57 Å². The second-order valence-corrected chi connectivity index (χ2v) is 3.82. The average Bonchev–Trinajstić information content (AvgIpc) is 2.29. The molecule has 0 bridgehead atoms. The molecule has 1 aromatic rings. The monoisotopic (exact) mass is 226 g/mol. The summed E-state index contributed by atoms with van der Waals surface area (Å²) in [5.74, 6) is -2.15. The highest BCUT2D eigenvalue weighted by atomic mass is 19.3. The SMILES string of the molecule is OCc1ccnc(C2=CCC(F)(F)CC2)n1. The summed E-state index contributed by atoms with van der Waals surface area (Å²) in [4.78, 5) is 8.11. The summed E-state index contributed by atoms with van der Waals surface area (Å²) < 4.78 is 25.8. The van der Waals surface area contributed by atoms with Crippen molar-refractivity contribution in [1.82, 2.24) is 9.97 Å². The van der Waals surface area contributed by atoms with Gasteiger partial charge in [0.2, 0.25) is 0 Å². The van der Waals surface area contributed by atoms with Gasteiger partial charge in [-0.15, -0.1) is 0 Å². The first-order chi connectivity index (χ1) is 7.61. The van der Waals surface area contributed by atoms with Crippen LogP contribution >= 0.6 is 0 Å². The molecular formula is C11H12F2N2O. The second-order valence-electron chi connectivity index (χ2n) is 3.82. The van der Waals surface area contributed by atoms with Crippen molar-refractivity contribution in [3.05, 3.63) is 29.9 Å². The van der Waals surface area contributed by atoms with Crippen molar-refractivity contribution >= 4 is 5.57 Å². The van der Waals surface area contributed by atoms with Crippen LogP contribution < -0.4 is 0 Å². The van der Waals surface area contributed by atoms with Gasteiger partial charge in [0.05, 0.1) is 12.3 Å². The lowest BCUT2D eigenvalue weighted by Crippen LogP contribution is -2.18. The molecule has 0 spiro atoms. The van der Waals surface area contributed by atoms with Crippen LogP contribution in [0.3, 0.4) is 0 Å². The van der Waals surface area contributed by atoms with Gasteiger partial charge in [-0.3, -0.25) is 0 Å². The molecule has 3 nitrogen and oxygen atoms in total. The number of nitrogens with zero attached hydrogens (tertiary/aromatic N) is 2. The average molecular weight is 226 g/mol. The summed E-state index contributed by atoms with van der Waals surface area (Å²) in [7, 11) is 0. The lowest BCUT2D eigenvalue weighted by molar-refractivity contribution is -0.00608. The molecule has 0 saturated heterocycles. The zero-order valence-electron chi connectivity index (χ0n) is 8.66. The number of alkyl halides is 2. The maximum absolute atomic E-state index is 12.9. The van der Waals surface area contributed by atoms with E-state index in [1.165, 1.54) is 12.3 Å². The van der Waals surface area contributed by atoms with Gasteiger partial charge in [0.1, 0.15) is 0 Å². The van der Waals surface area contributed by atoms with Crippen LogP contribution in [-0.2, 0) is 6.61 Å². The van der Waals surface area contributed by atoms with E-state index in [9.17, 15) is 8.78 Å². The van der Waals surface area contributed by atoms with Crippen molar-refractivity contribution in [2.24, 2.45) is 0 Å². The van der Waals surface area contributed by atoms with Gasteiger partial charge in [0.25, 0.3) is 5.92 Å². The number of allylic oxidation sites excluding steroid dienone is 2. The molecular weight excluding hydrogens is 214 g/mol. The Morgan fingerprint density at radius 1 is 1.44 bits per heavy atom. The molecule has 0 amide bonds. The Balaban J connectivity index is 2.22. The third-order valence-electron chi connectivity index (χ3n) is 2.57. The standard InChI is InChI=1S/C11H12F2N2O/c12-11(13)4-1-8(2-5-11)10-14-6-3-9(7-16)15-10/h1,3,6,16H,2,4-5,7H2. The van der Waals surface area contributed by atoms with Crippen LogP contribution in [-0.4, -0.2) is 21.0 Å². The first-order valence-electron chi connectivity index (χ1n) is 5.11. The number of hydrogen-bond donors (Lipinski definition) is 1. The van der Waals surface area contributed by atoms with Crippen LogP contribution in [0.15, 0.2) is 18.3 Å². The van der Waals surface area contributed by atoms with Crippen molar-refractivity contribution in [1.29, 1.82) is 0 Å². The van der Waals surface area contributed by atoms with Crippen molar-refractivity contribution in [2.75, 3.05) is 0 Å². The van der Waals surface area contributed by atoms with E-state index >= 15 is 0 Å².